The number of benzene rings is 6. The smallest absolute Gasteiger partial charge is 0.127 e. The summed E-state index contributed by atoms with van der Waals surface area (Å²) in [4.78, 5) is 2.42. The number of para-hydroxylation sites is 2. The second-order valence-electron chi connectivity index (χ2n) is 11.6. The van der Waals surface area contributed by atoms with Crippen LogP contribution in [0.1, 0.15) is 22.7 Å². The van der Waals surface area contributed by atoms with Crippen molar-refractivity contribution in [2.24, 2.45) is 0 Å². The van der Waals surface area contributed by atoms with Gasteiger partial charge in [0.05, 0.1) is 28.5 Å². The summed E-state index contributed by atoms with van der Waals surface area (Å²) in [6.07, 6.45) is 6.70. The van der Waals surface area contributed by atoms with E-state index in [0.29, 0.717) is 0 Å². The van der Waals surface area contributed by atoms with Gasteiger partial charge >= 0.3 is 0 Å². The van der Waals surface area contributed by atoms with Crippen LogP contribution in [0.25, 0.3) is 50.6 Å². The van der Waals surface area contributed by atoms with Gasteiger partial charge in [-0.05, 0) is 52.2 Å². The predicted octanol–water partition coefficient (Wildman–Crippen LogP) is 9.59. The van der Waals surface area contributed by atoms with E-state index in [1.807, 2.05) is 0 Å². The maximum absolute atomic E-state index is 3.88. The quantitative estimate of drug-likeness (QED) is 0.223. The first kappa shape index (κ1) is 24.8. The summed E-state index contributed by atoms with van der Waals surface area (Å²) in [5, 5.41) is 12.4. The van der Waals surface area contributed by atoms with Gasteiger partial charge in [0, 0.05) is 34.8 Å². The van der Waals surface area contributed by atoms with E-state index < -0.39 is 0 Å². The van der Waals surface area contributed by atoms with Gasteiger partial charge in [-0.25, -0.2) is 0 Å². The minimum atomic E-state index is 0.156. The molecule has 6 aromatic carbocycles. The van der Waals surface area contributed by atoms with Gasteiger partial charge in [0.2, 0.25) is 0 Å². The van der Waals surface area contributed by atoms with Crippen LogP contribution < -0.4 is 15.5 Å². The number of fused-ring (bicyclic) bond motifs is 7. The highest BCUT2D eigenvalue weighted by molar-refractivity contribution is 6.15. The Labute approximate surface area is 256 Å². The Morgan fingerprint density at radius 1 is 0.614 bits per heavy atom. The van der Waals surface area contributed by atoms with Crippen molar-refractivity contribution in [2.75, 3.05) is 11.4 Å². The molecule has 0 amide bonds. The molecule has 9 rings (SSSR count). The van der Waals surface area contributed by atoms with E-state index in [1.54, 1.807) is 0 Å². The molecule has 0 spiro atoms. The lowest BCUT2D eigenvalue weighted by Gasteiger charge is -2.30. The normalized spacial score (nSPS) is 15.8. The summed E-state index contributed by atoms with van der Waals surface area (Å²) in [6, 6.07) is 48.2. The average molecular weight is 567 g/mol. The van der Waals surface area contributed by atoms with Crippen LogP contribution in [0.15, 0.2) is 140 Å². The van der Waals surface area contributed by atoms with Crippen molar-refractivity contribution in [3.63, 3.8) is 0 Å². The van der Waals surface area contributed by atoms with Gasteiger partial charge in [-0.1, -0.05) is 115 Å². The highest BCUT2D eigenvalue weighted by atomic mass is 15.2. The van der Waals surface area contributed by atoms with Crippen molar-refractivity contribution in [2.45, 2.75) is 6.04 Å². The predicted molar refractivity (Wildman–Crippen MR) is 185 cm³/mol. The van der Waals surface area contributed by atoms with Gasteiger partial charge in [0.1, 0.15) is 5.82 Å². The van der Waals surface area contributed by atoms with Gasteiger partial charge < -0.3 is 15.5 Å². The van der Waals surface area contributed by atoms with E-state index in [4.69, 9.17) is 0 Å². The largest absolute Gasteiger partial charge is 0.386 e. The van der Waals surface area contributed by atoms with Crippen LogP contribution in [0.4, 0.5) is 17.1 Å². The van der Waals surface area contributed by atoms with Crippen LogP contribution in [0, 0.1) is 0 Å². The Kier molecular flexibility index (Phi) is 5.60. The lowest BCUT2D eigenvalue weighted by molar-refractivity contribution is 0.563. The zero-order chi connectivity index (χ0) is 29.0. The molecule has 2 aliphatic heterocycles. The van der Waals surface area contributed by atoms with Crippen molar-refractivity contribution in [3.8, 4) is 0 Å². The lowest BCUT2D eigenvalue weighted by Crippen LogP contribution is -2.36. The van der Waals surface area contributed by atoms with Crippen LogP contribution in [0.3, 0.4) is 0 Å². The topological polar surface area (TPSA) is 32.2 Å². The lowest BCUT2D eigenvalue weighted by atomic mass is 10.0. The Hall–Kier alpha value is -5.74. The molecule has 0 saturated carbocycles. The highest BCUT2D eigenvalue weighted by Crippen LogP contribution is 2.46. The molecule has 210 valence electrons. The summed E-state index contributed by atoms with van der Waals surface area (Å²) >= 11 is 0. The minimum Gasteiger partial charge on any atom is -0.386 e. The van der Waals surface area contributed by atoms with E-state index in [0.717, 1.165) is 23.7 Å². The number of hydrogen-bond donors (Lipinski definition) is 2. The Balaban J connectivity index is 1.31. The highest BCUT2D eigenvalue weighted by Gasteiger charge is 2.26. The van der Waals surface area contributed by atoms with Crippen LogP contribution in [0.5, 0.6) is 0 Å². The first-order chi connectivity index (χ1) is 21.8. The molecule has 0 saturated heterocycles. The maximum Gasteiger partial charge on any atom is 0.127 e. The molecule has 2 aliphatic rings. The number of nitrogens with zero attached hydrogens (tertiary/aromatic N) is 2. The van der Waals surface area contributed by atoms with Crippen molar-refractivity contribution in [1.82, 2.24) is 15.2 Å². The zero-order valence-electron chi connectivity index (χ0n) is 24.1. The summed E-state index contributed by atoms with van der Waals surface area (Å²) in [6.45, 7) is 0.827. The molecular weight excluding hydrogens is 536 g/mol. The van der Waals surface area contributed by atoms with Gasteiger partial charge in [-0.2, -0.15) is 0 Å². The first-order valence-corrected chi connectivity index (χ1v) is 15.2. The van der Waals surface area contributed by atoms with Crippen molar-refractivity contribution in [1.29, 1.82) is 0 Å². The van der Waals surface area contributed by atoms with Gasteiger partial charge in [0.15, 0.2) is 0 Å². The second kappa shape index (κ2) is 9.92. The molecule has 4 heteroatoms. The van der Waals surface area contributed by atoms with E-state index in [2.05, 4.69) is 172 Å². The Morgan fingerprint density at radius 2 is 1.41 bits per heavy atom. The van der Waals surface area contributed by atoms with Crippen LogP contribution >= 0.6 is 0 Å². The molecule has 44 heavy (non-hydrogen) atoms. The summed E-state index contributed by atoms with van der Waals surface area (Å²) in [5.41, 5.74) is 9.47. The van der Waals surface area contributed by atoms with Gasteiger partial charge in [-0.15, -0.1) is 0 Å². The van der Waals surface area contributed by atoms with E-state index in [1.165, 1.54) is 55.0 Å². The summed E-state index contributed by atoms with van der Waals surface area (Å²) < 4.78 is 2.41. The third kappa shape index (κ3) is 3.85. The Morgan fingerprint density at radius 3 is 2.34 bits per heavy atom. The summed E-state index contributed by atoms with van der Waals surface area (Å²) in [7, 11) is 0. The fourth-order valence-corrected chi connectivity index (χ4v) is 6.97. The minimum absolute atomic E-state index is 0.156. The number of anilines is 3. The third-order valence-electron chi connectivity index (χ3n) is 9.02. The summed E-state index contributed by atoms with van der Waals surface area (Å²) in [5.74, 6) is 1.04. The number of hydrogen-bond acceptors (Lipinski definition) is 3. The van der Waals surface area contributed by atoms with Crippen molar-refractivity contribution < 1.29 is 0 Å². The van der Waals surface area contributed by atoms with Gasteiger partial charge in [-0.3, -0.25) is 4.57 Å². The molecule has 2 N–H and O–H groups in total. The molecule has 0 radical (unpaired) electrons. The van der Waals surface area contributed by atoms with E-state index in [-0.39, 0.29) is 6.04 Å². The fraction of sp³-hybridized carbons (Fsp3) is 0.0500. The number of nitrogens with one attached hydrogen (secondary N) is 2. The number of aromatic nitrogens is 1. The van der Waals surface area contributed by atoms with Crippen LogP contribution in [0.2, 0.25) is 0 Å². The molecule has 1 unspecified atom stereocenters. The molecule has 0 fully saturated rings. The molecular formula is C40H30N4. The van der Waals surface area contributed by atoms with Crippen LogP contribution in [-0.2, 0) is 0 Å². The molecule has 3 heterocycles. The first-order valence-electron chi connectivity index (χ1n) is 15.2. The molecule has 1 atom stereocenters. The fourth-order valence-electron chi connectivity index (χ4n) is 6.97. The molecule has 0 bridgehead atoms. The SMILES string of the molecule is C1=Cc2c(ccc3c4ccccc4n(C4=CNCC(c5ccccc5)N4)c23)N(c2ccc3ccccc3c2)c2ccccc21. The van der Waals surface area contributed by atoms with Gasteiger partial charge in [0.25, 0.3) is 0 Å². The molecule has 0 aliphatic carbocycles. The standard InChI is InChI=1S/C40H30N4/c1-2-11-28(12-3-1)35-25-41-26-39(42-35)44-37-17-9-7-15-32(37)33-22-23-38-34(40(33)44)21-19-29-13-6-8-16-36(29)43(38)31-20-18-27-10-4-5-14-30(27)24-31/h1-24,26,35,41-42H,25H2. The second-order valence-corrected chi connectivity index (χ2v) is 11.6. The van der Waals surface area contributed by atoms with Crippen LogP contribution in [-0.4, -0.2) is 11.1 Å². The molecule has 4 nitrogen and oxygen atoms in total. The zero-order valence-corrected chi connectivity index (χ0v) is 24.1. The molecule has 1 aromatic heterocycles. The molecule has 7 aromatic rings. The Bertz CT molecular complexity index is 2270. The average Bonchev–Trinajstić information content (AvgIpc) is 3.33. The van der Waals surface area contributed by atoms with E-state index >= 15 is 0 Å². The van der Waals surface area contributed by atoms with Crippen molar-refractivity contribution in [3.05, 3.63) is 156 Å². The monoisotopic (exact) mass is 566 g/mol. The van der Waals surface area contributed by atoms with Crippen molar-refractivity contribution >= 4 is 67.6 Å². The number of rotatable bonds is 3. The van der Waals surface area contributed by atoms with E-state index in [9.17, 15) is 0 Å². The maximum atomic E-state index is 3.88. The third-order valence-corrected chi connectivity index (χ3v) is 9.02.